The number of carbonyl (C=O) groups excluding carboxylic acids is 1. The van der Waals surface area contributed by atoms with Gasteiger partial charge in [0.15, 0.2) is 0 Å². The van der Waals surface area contributed by atoms with E-state index in [-0.39, 0.29) is 11.7 Å². The lowest BCUT2D eigenvalue weighted by molar-refractivity contribution is 0.0576. The van der Waals surface area contributed by atoms with Gasteiger partial charge in [0, 0.05) is 12.6 Å². The number of amides is 1. The van der Waals surface area contributed by atoms with Crippen molar-refractivity contribution in [2.45, 2.75) is 59.2 Å². The Morgan fingerprint density at radius 2 is 1.81 bits per heavy atom. The fraction of sp³-hybridized carbons (Fsp3) is 0.458. The van der Waals surface area contributed by atoms with Crippen molar-refractivity contribution in [1.29, 1.82) is 0 Å². The number of carboxylic acid groups (broad SMARTS) is 1. The molecule has 8 heteroatoms. The van der Waals surface area contributed by atoms with Crippen LogP contribution in [0, 0.1) is 5.92 Å². The van der Waals surface area contributed by atoms with Crippen LogP contribution in [-0.4, -0.2) is 40.4 Å². The summed E-state index contributed by atoms with van der Waals surface area (Å²) in [4.78, 5) is 30.1. The predicted octanol–water partition coefficient (Wildman–Crippen LogP) is 5.51. The van der Waals surface area contributed by atoms with Crippen molar-refractivity contribution in [2.24, 2.45) is 5.92 Å². The minimum Gasteiger partial charge on any atom is -0.491 e. The molecule has 0 unspecified atom stereocenters. The predicted molar refractivity (Wildman–Crippen MR) is 120 cm³/mol. The first-order chi connectivity index (χ1) is 15.0. The number of hydrogen-bond donors (Lipinski definition) is 1. The van der Waals surface area contributed by atoms with Gasteiger partial charge >= 0.3 is 12.1 Å². The summed E-state index contributed by atoms with van der Waals surface area (Å²) in [6.07, 6.45) is 3.12. The van der Waals surface area contributed by atoms with Gasteiger partial charge in [-0.3, -0.25) is 4.90 Å². The summed E-state index contributed by atoms with van der Waals surface area (Å²) in [6.45, 7) is 9.75. The van der Waals surface area contributed by atoms with Crippen LogP contribution in [0.5, 0.6) is 17.2 Å². The molecule has 1 aromatic heterocycles. The van der Waals surface area contributed by atoms with Crippen LogP contribution in [0.1, 0.15) is 57.8 Å². The van der Waals surface area contributed by atoms with Gasteiger partial charge in [0.2, 0.25) is 0 Å². The maximum absolute atomic E-state index is 12.7. The Labute approximate surface area is 188 Å². The average molecular weight is 443 g/mol. The Hall–Kier alpha value is -3.29. The van der Waals surface area contributed by atoms with Crippen LogP contribution < -0.4 is 14.4 Å². The third kappa shape index (κ3) is 6.87. The smallest absolute Gasteiger partial charge is 0.416 e. The first-order valence-electron chi connectivity index (χ1n) is 10.7. The Kier molecular flexibility index (Phi) is 6.91. The van der Waals surface area contributed by atoms with E-state index in [0.29, 0.717) is 35.5 Å². The maximum atomic E-state index is 12.7. The Morgan fingerprint density at radius 3 is 2.34 bits per heavy atom. The number of aromatic carboxylic acids is 1. The molecule has 1 amide bonds. The number of carbonyl (C=O) groups is 2. The van der Waals surface area contributed by atoms with Gasteiger partial charge in [0.1, 0.15) is 28.7 Å². The van der Waals surface area contributed by atoms with Crippen molar-refractivity contribution >= 4 is 17.9 Å². The van der Waals surface area contributed by atoms with Crippen LogP contribution in [0.25, 0.3) is 0 Å². The molecule has 172 valence electrons. The van der Waals surface area contributed by atoms with Crippen LogP contribution in [-0.2, 0) is 4.74 Å². The zero-order valence-electron chi connectivity index (χ0n) is 19.1. The number of hydrogen-bond acceptors (Lipinski definition) is 6. The molecule has 1 N–H and O–H groups in total. The van der Waals surface area contributed by atoms with Crippen molar-refractivity contribution in [3.8, 4) is 17.2 Å². The van der Waals surface area contributed by atoms with E-state index in [2.05, 4.69) is 4.98 Å². The molecule has 8 nitrogen and oxygen atoms in total. The maximum Gasteiger partial charge on any atom is 0.416 e. The van der Waals surface area contributed by atoms with Gasteiger partial charge in [-0.1, -0.05) is 0 Å². The molecule has 1 aliphatic carbocycles. The number of pyridine rings is 1. The number of ether oxygens (including phenoxy) is 3. The van der Waals surface area contributed by atoms with Crippen LogP contribution >= 0.6 is 0 Å². The third-order valence-corrected chi connectivity index (χ3v) is 4.48. The molecule has 1 aromatic carbocycles. The lowest BCUT2D eigenvalue weighted by Gasteiger charge is -2.26. The summed E-state index contributed by atoms with van der Waals surface area (Å²) in [5.41, 5.74) is -0.546. The highest BCUT2D eigenvalue weighted by Crippen LogP contribution is 2.33. The highest BCUT2D eigenvalue weighted by atomic mass is 16.6. The molecule has 2 aromatic rings. The summed E-state index contributed by atoms with van der Waals surface area (Å²) in [5, 5.41) is 9.37. The normalized spacial score (nSPS) is 13.6. The molecule has 1 aliphatic rings. The fourth-order valence-electron chi connectivity index (χ4n) is 2.96. The molecule has 1 fully saturated rings. The summed E-state index contributed by atoms with van der Waals surface area (Å²) < 4.78 is 17.0. The molecule has 0 atom stereocenters. The minimum atomic E-state index is -1.08. The molecule has 0 radical (unpaired) electrons. The van der Waals surface area contributed by atoms with Gasteiger partial charge in [-0.05, 0) is 77.6 Å². The lowest BCUT2D eigenvalue weighted by Crippen LogP contribution is -2.38. The van der Waals surface area contributed by atoms with Crippen LogP contribution in [0.4, 0.5) is 10.6 Å². The number of aromatic nitrogens is 1. The van der Waals surface area contributed by atoms with Crippen molar-refractivity contribution in [3.63, 3.8) is 0 Å². The number of anilines is 1. The summed E-state index contributed by atoms with van der Waals surface area (Å²) >= 11 is 0. The SMILES string of the molecule is CC(C)Oc1cc(Oc2ccc(N(CC3CC3)C(=O)OC(C)(C)C)nc2)cc(C(=O)O)c1. The van der Waals surface area contributed by atoms with E-state index in [0.717, 1.165) is 12.8 Å². The molecular weight excluding hydrogens is 412 g/mol. The van der Waals surface area contributed by atoms with E-state index in [9.17, 15) is 14.7 Å². The van der Waals surface area contributed by atoms with Gasteiger partial charge < -0.3 is 19.3 Å². The van der Waals surface area contributed by atoms with E-state index < -0.39 is 17.7 Å². The van der Waals surface area contributed by atoms with Crippen molar-refractivity contribution in [3.05, 3.63) is 42.1 Å². The molecular formula is C24H30N2O6. The zero-order valence-corrected chi connectivity index (χ0v) is 19.1. The second-order valence-corrected chi connectivity index (χ2v) is 9.15. The summed E-state index contributed by atoms with van der Waals surface area (Å²) in [6, 6.07) is 7.87. The zero-order chi connectivity index (χ0) is 23.5. The molecule has 3 rings (SSSR count). The van der Waals surface area contributed by atoms with Crippen LogP contribution in [0.2, 0.25) is 0 Å². The highest BCUT2D eigenvalue weighted by Gasteiger charge is 2.31. The summed E-state index contributed by atoms with van der Waals surface area (Å²) in [5.74, 6) is 0.977. The second-order valence-electron chi connectivity index (χ2n) is 9.15. The third-order valence-electron chi connectivity index (χ3n) is 4.48. The van der Waals surface area contributed by atoms with E-state index in [4.69, 9.17) is 14.2 Å². The summed E-state index contributed by atoms with van der Waals surface area (Å²) in [7, 11) is 0. The Bertz CT molecular complexity index is 961. The van der Waals surface area contributed by atoms with Gasteiger partial charge in [-0.2, -0.15) is 0 Å². The number of benzene rings is 1. The van der Waals surface area contributed by atoms with Crippen LogP contribution in [0.3, 0.4) is 0 Å². The highest BCUT2D eigenvalue weighted by molar-refractivity contribution is 5.89. The molecule has 32 heavy (non-hydrogen) atoms. The molecule has 0 bridgehead atoms. The largest absolute Gasteiger partial charge is 0.491 e. The quantitative estimate of drug-likeness (QED) is 0.575. The van der Waals surface area contributed by atoms with Gasteiger partial charge in [0.25, 0.3) is 0 Å². The monoisotopic (exact) mass is 442 g/mol. The number of rotatable bonds is 8. The van der Waals surface area contributed by atoms with Crippen molar-refractivity contribution in [2.75, 3.05) is 11.4 Å². The number of carboxylic acids is 1. The lowest BCUT2D eigenvalue weighted by atomic mass is 10.2. The molecule has 1 heterocycles. The first kappa shape index (κ1) is 23.4. The van der Waals surface area contributed by atoms with Crippen LogP contribution in [0.15, 0.2) is 36.5 Å². The standard InChI is InChI=1S/C24H30N2O6/c1-15(2)30-19-10-17(22(27)28)11-20(12-19)31-18-8-9-21(25-13-18)26(14-16-6-7-16)23(29)32-24(3,4)5/h8-13,15-16H,6-7,14H2,1-5H3,(H,27,28). The molecule has 0 aliphatic heterocycles. The van der Waals surface area contributed by atoms with Gasteiger partial charge in [-0.15, -0.1) is 0 Å². The number of nitrogens with zero attached hydrogens (tertiary/aromatic N) is 2. The fourth-order valence-corrected chi connectivity index (χ4v) is 2.96. The molecule has 1 saturated carbocycles. The second kappa shape index (κ2) is 9.46. The van der Waals surface area contributed by atoms with Gasteiger partial charge in [0.05, 0.1) is 17.9 Å². The molecule has 0 saturated heterocycles. The topological polar surface area (TPSA) is 98.2 Å². The first-order valence-corrected chi connectivity index (χ1v) is 10.7. The van der Waals surface area contributed by atoms with Gasteiger partial charge in [-0.25, -0.2) is 14.6 Å². The van der Waals surface area contributed by atoms with E-state index in [1.165, 1.54) is 18.3 Å². The molecule has 0 spiro atoms. The average Bonchev–Trinajstić information content (AvgIpc) is 3.49. The van der Waals surface area contributed by atoms with Crippen molar-refractivity contribution in [1.82, 2.24) is 4.98 Å². The minimum absolute atomic E-state index is 0.0586. The van der Waals surface area contributed by atoms with E-state index in [1.807, 2.05) is 34.6 Å². The van der Waals surface area contributed by atoms with E-state index >= 15 is 0 Å². The Morgan fingerprint density at radius 1 is 1.12 bits per heavy atom. The van der Waals surface area contributed by atoms with E-state index in [1.54, 1.807) is 23.1 Å². The van der Waals surface area contributed by atoms with Crippen molar-refractivity contribution < 1.29 is 28.9 Å². The Balaban J connectivity index is 1.79.